The van der Waals surface area contributed by atoms with Crippen LogP contribution < -0.4 is 4.90 Å². The Morgan fingerprint density at radius 2 is 0.920 bits per heavy atom. The number of rotatable bonds is 6. The molecule has 0 heterocycles. The lowest BCUT2D eigenvalue weighted by molar-refractivity contribution is 0.660. The van der Waals surface area contributed by atoms with E-state index in [0.717, 1.165) is 17.1 Å². The molecule has 0 radical (unpaired) electrons. The van der Waals surface area contributed by atoms with Crippen LogP contribution in [0.4, 0.5) is 17.1 Å². The Hall–Kier alpha value is -6.18. The molecular formula is C49H37N. The lowest BCUT2D eigenvalue weighted by Crippen LogP contribution is -2.14. The zero-order valence-electron chi connectivity index (χ0n) is 28.3. The van der Waals surface area contributed by atoms with Gasteiger partial charge < -0.3 is 4.90 Å². The molecule has 0 saturated heterocycles. The molecule has 1 aliphatic rings. The maximum atomic E-state index is 2.41. The quantitative estimate of drug-likeness (QED) is 0.175. The summed E-state index contributed by atoms with van der Waals surface area (Å²) < 4.78 is 0. The highest BCUT2D eigenvalue weighted by atomic mass is 15.1. The van der Waals surface area contributed by atoms with E-state index in [4.69, 9.17) is 0 Å². The summed E-state index contributed by atoms with van der Waals surface area (Å²) in [5, 5.41) is 2.45. The highest BCUT2D eigenvalue weighted by Crippen LogP contribution is 2.53. The molecule has 9 rings (SSSR count). The summed E-state index contributed by atoms with van der Waals surface area (Å²) in [6, 6.07) is 68.5. The number of hydrogen-bond donors (Lipinski definition) is 0. The third-order valence-electron chi connectivity index (χ3n) is 10.5. The highest BCUT2D eigenvalue weighted by Gasteiger charge is 2.37. The Labute approximate surface area is 294 Å². The Kier molecular flexibility index (Phi) is 7.21. The summed E-state index contributed by atoms with van der Waals surface area (Å²) >= 11 is 0. The molecule has 0 aliphatic heterocycles. The van der Waals surface area contributed by atoms with Crippen LogP contribution in [-0.4, -0.2) is 0 Å². The molecule has 0 bridgehead atoms. The van der Waals surface area contributed by atoms with E-state index in [2.05, 4.69) is 207 Å². The fraction of sp³-hybridized carbons (Fsp3) is 0.0612. The molecule has 0 saturated carbocycles. The predicted molar refractivity (Wildman–Crippen MR) is 213 cm³/mol. The molecule has 50 heavy (non-hydrogen) atoms. The second-order valence-electron chi connectivity index (χ2n) is 13.8. The van der Waals surface area contributed by atoms with Gasteiger partial charge in [0.05, 0.1) is 5.69 Å². The molecule has 8 aromatic rings. The van der Waals surface area contributed by atoms with Crippen molar-refractivity contribution in [2.75, 3.05) is 4.90 Å². The second-order valence-corrected chi connectivity index (χ2v) is 13.8. The summed E-state index contributed by atoms with van der Waals surface area (Å²) in [5.74, 6) is 0. The second kappa shape index (κ2) is 12.1. The Morgan fingerprint density at radius 3 is 1.62 bits per heavy atom. The van der Waals surface area contributed by atoms with Crippen LogP contribution in [0.3, 0.4) is 0 Å². The van der Waals surface area contributed by atoms with E-state index < -0.39 is 0 Å². The highest BCUT2D eigenvalue weighted by molar-refractivity contribution is 5.99. The van der Waals surface area contributed by atoms with Crippen LogP contribution in [0.25, 0.3) is 55.3 Å². The van der Waals surface area contributed by atoms with Crippen LogP contribution in [0.2, 0.25) is 0 Å². The van der Waals surface area contributed by atoms with E-state index in [1.807, 2.05) is 0 Å². The van der Waals surface area contributed by atoms with Crippen LogP contribution in [-0.2, 0) is 5.41 Å². The lowest BCUT2D eigenvalue weighted by atomic mass is 9.81. The number of fused-ring (bicyclic) bond motifs is 4. The molecule has 0 aromatic heterocycles. The van der Waals surface area contributed by atoms with Gasteiger partial charge in [-0.15, -0.1) is 0 Å². The monoisotopic (exact) mass is 639 g/mol. The maximum absolute atomic E-state index is 2.41. The molecule has 1 aliphatic carbocycles. The van der Waals surface area contributed by atoms with Crippen molar-refractivity contribution in [2.45, 2.75) is 19.3 Å². The van der Waals surface area contributed by atoms with Gasteiger partial charge in [-0.1, -0.05) is 166 Å². The van der Waals surface area contributed by atoms with Crippen LogP contribution in [0.15, 0.2) is 188 Å². The average molecular weight is 640 g/mol. The fourth-order valence-corrected chi connectivity index (χ4v) is 7.91. The molecule has 238 valence electrons. The van der Waals surface area contributed by atoms with Crippen LogP contribution in [0.5, 0.6) is 0 Å². The van der Waals surface area contributed by atoms with E-state index >= 15 is 0 Å². The summed E-state index contributed by atoms with van der Waals surface area (Å²) in [6.45, 7) is 4.71. The Bertz CT molecular complexity index is 2470. The van der Waals surface area contributed by atoms with Crippen LogP contribution >= 0.6 is 0 Å². The summed E-state index contributed by atoms with van der Waals surface area (Å²) in [5.41, 5.74) is 16.2. The SMILES string of the molecule is CC1(C)c2ccc(-c3ccc(N(c4ccc(-c5ccccc5)cc4)c4cccc5ccccc45)cc3)cc2-c2c(-c3ccccc3)cccc21. The van der Waals surface area contributed by atoms with E-state index in [9.17, 15) is 0 Å². The molecule has 0 atom stereocenters. The minimum absolute atomic E-state index is 0.0626. The van der Waals surface area contributed by atoms with Crippen molar-refractivity contribution >= 4 is 27.8 Å². The van der Waals surface area contributed by atoms with Gasteiger partial charge >= 0.3 is 0 Å². The normalized spacial score (nSPS) is 12.8. The standard InChI is InChI=1S/C49H37N/c1-49(2)45-32-27-39(33-44(45)48-43(20-12-21-46(48)49)38-15-7-4-8-16-38)36-25-30-41(31-26-36)50(47-22-11-18-37-17-9-10-19-42(37)47)40-28-23-35(24-29-40)34-13-5-3-6-14-34/h3-33H,1-2H3. The largest absolute Gasteiger partial charge is 0.310 e. The number of anilines is 3. The molecular weight excluding hydrogens is 603 g/mol. The van der Waals surface area contributed by atoms with E-state index in [-0.39, 0.29) is 5.41 Å². The molecule has 0 N–H and O–H groups in total. The van der Waals surface area contributed by atoms with Gasteiger partial charge in [0.15, 0.2) is 0 Å². The van der Waals surface area contributed by atoms with Crippen molar-refractivity contribution in [2.24, 2.45) is 0 Å². The number of nitrogens with zero attached hydrogens (tertiary/aromatic N) is 1. The molecule has 0 amide bonds. The summed E-state index contributed by atoms with van der Waals surface area (Å²) in [7, 11) is 0. The van der Waals surface area contributed by atoms with Gasteiger partial charge in [0.2, 0.25) is 0 Å². The van der Waals surface area contributed by atoms with E-state index in [0.29, 0.717) is 0 Å². The van der Waals surface area contributed by atoms with Crippen molar-refractivity contribution < 1.29 is 0 Å². The summed E-state index contributed by atoms with van der Waals surface area (Å²) in [6.07, 6.45) is 0. The zero-order chi connectivity index (χ0) is 33.7. The average Bonchev–Trinajstić information content (AvgIpc) is 3.42. The third kappa shape index (κ3) is 5.02. The van der Waals surface area contributed by atoms with Gasteiger partial charge in [-0.05, 0) is 97.4 Å². The van der Waals surface area contributed by atoms with Gasteiger partial charge in [0.1, 0.15) is 0 Å². The van der Waals surface area contributed by atoms with Crippen molar-refractivity contribution in [3.05, 3.63) is 199 Å². The smallest absolute Gasteiger partial charge is 0.0540 e. The van der Waals surface area contributed by atoms with Gasteiger partial charge in [-0.2, -0.15) is 0 Å². The van der Waals surface area contributed by atoms with Gasteiger partial charge in [0.25, 0.3) is 0 Å². The molecule has 0 fully saturated rings. The van der Waals surface area contributed by atoms with Gasteiger partial charge in [-0.25, -0.2) is 0 Å². The Balaban J connectivity index is 1.13. The minimum Gasteiger partial charge on any atom is -0.310 e. The van der Waals surface area contributed by atoms with Crippen molar-refractivity contribution in [1.82, 2.24) is 0 Å². The molecule has 1 nitrogen and oxygen atoms in total. The third-order valence-corrected chi connectivity index (χ3v) is 10.5. The first-order valence-electron chi connectivity index (χ1n) is 17.4. The predicted octanol–water partition coefficient (Wildman–Crippen LogP) is 13.6. The minimum atomic E-state index is -0.0626. The number of hydrogen-bond acceptors (Lipinski definition) is 1. The van der Waals surface area contributed by atoms with Gasteiger partial charge in [-0.3, -0.25) is 0 Å². The Morgan fingerprint density at radius 1 is 0.380 bits per heavy atom. The molecule has 1 heteroatoms. The van der Waals surface area contributed by atoms with Gasteiger partial charge in [0, 0.05) is 22.2 Å². The zero-order valence-corrected chi connectivity index (χ0v) is 28.3. The maximum Gasteiger partial charge on any atom is 0.0540 e. The number of benzene rings is 8. The van der Waals surface area contributed by atoms with Crippen molar-refractivity contribution in [3.63, 3.8) is 0 Å². The first kappa shape index (κ1) is 29.9. The lowest BCUT2D eigenvalue weighted by Gasteiger charge is -2.27. The van der Waals surface area contributed by atoms with E-state index in [1.165, 1.54) is 66.4 Å². The van der Waals surface area contributed by atoms with Crippen LogP contribution in [0.1, 0.15) is 25.0 Å². The van der Waals surface area contributed by atoms with Crippen molar-refractivity contribution in [1.29, 1.82) is 0 Å². The van der Waals surface area contributed by atoms with Crippen molar-refractivity contribution in [3.8, 4) is 44.5 Å². The topological polar surface area (TPSA) is 3.24 Å². The first-order valence-corrected chi connectivity index (χ1v) is 17.4. The molecule has 8 aromatic carbocycles. The molecule has 0 unspecified atom stereocenters. The van der Waals surface area contributed by atoms with Crippen LogP contribution in [0, 0.1) is 0 Å². The fourth-order valence-electron chi connectivity index (χ4n) is 7.91. The first-order chi connectivity index (χ1) is 24.6. The molecule has 0 spiro atoms. The van der Waals surface area contributed by atoms with E-state index in [1.54, 1.807) is 0 Å². The summed E-state index contributed by atoms with van der Waals surface area (Å²) in [4.78, 5) is 2.38.